The minimum Gasteiger partial charge on any atom is -0.469 e. The van der Waals surface area contributed by atoms with Crippen molar-refractivity contribution in [1.29, 1.82) is 0 Å². The van der Waals surface area contributed by atoms with Gasteiger partial charge in [0.05, 0.1) is 12.0 Å². The molecule has 1 aliphatic heterocycles. The fourth-order valence-electron chi connectivity index (χ4n) is 2.95. The van der Waals surface area contributed by atoms with Crippen LogP contribution < -0.4 is 10.2 Å². The van der Waals surface area contributed by atoms with Crippen molar-refractivity contribution in [2.45, 2.75) is 6.42 Å². The molecule has 0 bridgehead atoms. The van der Waals surface area contributed by atoms with Gasteiger partial charge in [-0.2, -0.15) is 0 Å². The summed E-state index contributed by atoms with van der Waals surface area (Å²) in [5.41, 5.74) is 0.679. The minimum absolute atomic E-state index is 0. The quantitative estimate of drug-likeness (QED) is 0.435. The lowest BCUT2D eigenvalue weighted by Gasteiger charge is -2.37. The number of hydrogen-bond acceptors (Lipinski definition) is 3. The molecular weight excluding hydrogens is 434 g/mol. The van der Waals surface area contributed by atoms with Gasteiger partial charge in [0.1, 0.15) is 11.6 Å². The van der Waals surface area contributed by atoms with Crippen LogP contribution in [-0.2, 0) is 6.42 Å². The molecule has 0 amide bonds. The van der Waals surface area contributed by atoms with E-state index in [0.29, 0.717) is 5.69 Å². The van der Waals surface area contributed by atoms with Crippen LogP contribution >= 0.6 is 24.0 Å². The molecule has 136 valence electrons. The van der Waals surface area contributed by atoms with E-state index in [9.17, 15) is 4.39 Å². The number of aliphatic imine (C=N–C) groups is 1. The highest BCUT2D eigenvalue weighted by Gasteiger charge is 2.21. The zero-order chi connectivity index (χ0) is 16.8. The Balaban J connectivity index is 0.00000225. The molecule has 1 aliphatic rings. The number of nitrogens with one attached hydrogen (secondary N) is 1. The number of rotatable bonds is 4. The van der Waals surface area contributed by atoms with Crippen molar-refractivity contribution in [3.05, 3.63) is 54.2 Å². The number of guanidine groups is 1. The molecule has 0 saturated carbocycles. The number of piperazine rings is 1. The summed E-state index contributed by atoms with van der Waals surface area (Å²) in [7, 11) is 1.79. The highest BCUT2D eigenvalue weighted by molar-refractivity contribution is 14.0. The summed E-state index contributed by atoms with van der Waals surface area (Å²) >= 11 is 0. The van der Waals surface area contributed by atoms with Gasteiger partial charge in [0, 0.05) is 46.2 Å². The Kier molecular flexibility index (Phi) is 7.54. The van der Waals surface area contributed by atoms with Crippen LogP contribution in [0, 0.1) is 5.82 Å². The van der Waals surface area contributed by atoms with Crippen molar-refractivity contribution in [1.82, 2.24) is 10.2 Å². The lowest BCUT2D eigenvalue weighted by atomic mass is 10.2. The van der Waals surface area contributed by atoms with Gasteiger partial charge in [-0.1, -0.05) is 12.1 Å². The summed E-state index contributed by atoms with van der Waals surface area (Å²) in [5.74, 6) is 1.68. The highest BCUT2D eigenvalue weighted by Crippen LogP contribution is 2.20. The first-order valence-electron chi connectivity index (χ1n) is 8.25. The van der Waals surface area contributed by atoms with Crippen molar-refractivity contribution in [3.63, 3.8) is 0 Å². The average molecular weight is 458 g/mol. The van der Waals surface area contributed by atoms with Gasteiger partial charge in [-0.15, -0.1) is 24.0 Å². The second-order valence-corrected chi connectivity index (χ2v) is 5.73. The summed E-state index contributed by atoms with van der Waals surface area (Å²) in [5, 5.41) is 3.37. The Morgan fingerprint density at radius 3 is 2.56 bits per heavy atom. The molecule has 0 unspecified atom stereocenters. The van der Waals surface area contributed by atoms with Crippen molar-refractivity contribution in [3.8, 4) is 0 Å². The first-order valence-corrected chi connectivity index (χ1v) is 8.25. The van der Waals surface area contributed by atoms with Crippen LogP contribution in [0.1, 0.15) is 5.76 Å². The predicted molar refractivity (Wildman–Crippen MR) is 109 cm³/mol. The van der Waals surface area contributed by atoms with E-state index in [2.05, 4.69) is 20.1 Å². The van der Waals surface area contributed by atoms with Gasteiger partial charge in [0.2, 0.25) is 0 Å². The summed E-state index contributed by atoms with van der Waals surface area (Å²) in [4.78, 5) is 8.65. The maximum absolute atomic E-state index is 13.9. The number of benzene rings is 1. The number of halogens is 2. The first kappa shape index (κ1) is 19.6. The Morgan fingerprint density at radius 1 is 1.16 bits per heavy atom. The lowest BCUT2D eigenvalue weighted by molar-refractivity contribution is 0.370. The Bertz CT molecular complexity index is 669. The highest BCUT2D eigenvalue weighted by atomic mass is 127. The summed E-state index contributed by atoms with van der Waals surface area (Å²) in [6, 6.07) is 10.8. The maximum Gasteiger partial charge on any atom is 0.193 e. The third-order valence-electron chi connectivity index (χ3n) is 4.22. The van der Waals surface area contributed by atoms with E-state index in [1.54, 1.807) is 19.4 Å². The van der Waals surface area contributed by atoms with Crippen LogP contribution in [-0.4, -0.2) is 50.6 Å². The number of hydrogen-bond donors (Lipinski definition) is 1. The second kappa shape index (κ2) is 9.65. The molecule has 1 fully saturated rings. The van der Waals surface area contributed by atoms with Gasteiger partial charge >= 0.3 is 0 Å². The first-order chi connectivity index (χ1) is 11.8. The number of para-hydroxylation sites is 1. The summed E-state index contributed by atoms with van der Waals surface area (Å²) in [6.45, 7) is 3.96. The molecule has 25 heavy (non-hydrogen) atoms. The van der Waals surface area contributed by atoms with Gasteiger partial charge in [-0.3, -0.25) is 4.99 Å². The van der Waals surface area contributed by atoms with Gasteiger partial charge < -0.3 is 19.5 Å². The fraction of sp³-hybridized carbons (Fsp3) is 0.389. The largest absolute Gasteiger partial charge is 0.469 e. The molecular formula is C18H24FIN4O. The van der Waals surface area contributed by atoms with E-state index in [-0.39, 0.29) is 29.8 Å². The Morgan fingerprint density at radius 2 is 1.92 bits per heavy atom. The molecule has 0 spiro atoms. The van der Waals surface area contributed by atoms with Crippen LogP contribution in [0.4, 0.5) is 10.1 Å². The zero-order valence-electron chi connectivity index (χ0n) is 14.3. The smallest absolute Gasteiger partial charge is 0.193 e. The number of furan rings is 1. The number of anilines is 1. The lowest BCUT2D eigenvalue weighted by Crippen LogP contribution is -2.53. The summed E-state index contributed by atoms with van der Waals surface area (Å²) in [6.07, 6.45) is 2.51. The standard InChI is InChI=1S/C18H23FN4O.HI/c1-20-18(21-9-8-15-5-4-14-24-15)23-12-10-22(11-13-23)17-7-3-2-6-16(17)19;/h2-7,14H,8-13H2,1H3,(H,20,21);1H. The van der Waals surface area contributed by atoms with E-state index in [1.807, 2.05) is 24.3 Å². The third-order valence-corrected chi connectivity index (χ3v) is 4.22. The molecule has 3 rings (SSSR count). The molecule has 2 aromatic rings. The Labute approximate surface area is 164 Å². The van der Waals surface area contributed by atoms with Gasteiger partial charge in [-0.05, 0) is 24.3 Å². The molecule has 1 N–H and O–H groups in total. The molecule has 1 aromatic heterocycles. The van der Waals surface area contributed by atoms with E-state index >= 15 is 0 Å². The zero-order valence-corrected chi connectivity index (χ0v) is 16.7. The van der Waals surface area contributed by atoms with E-state index in [4.69, 9.17) is 4.42 Å². The van der Waals surface area contributed by atoms with Crippen LogP contribution in [0.5, 0.6) is 0 Å². The van der Waals surface area contributed by atoms with E-state index in [0.717, 1.165) is 50.9 Å². The van der Waals surface area contributed by atoms with E-state index in [1.165, 1.54) is 6.07 Å². The molecule has 0 radical (unpaired) electrons. The molecule has 0 atom stereocenters. The van der Waals surface area contributed by atoms with E-state index < -0.39 is 0 Å². The van der Waals surface area contributed by atoms with Crippen molar-refractivity contribution in [2.24, 2.45) is 4.99 Å². The minimum atomic E-state index is -0.160. The Hall–Kier alpha value is -1.77. The fourth-order valence-corrected chi connectivity index (χ4v) is 2.95. The van der Waals surface area contributed by atoms with Gasteiger partial charge in [0.15, 0.2) is 5.96 Å². The van der Waals surface area contributed by atoms with Crippen molar-refractivity contribution >= 4 is 35.6 Å². The molecule has 0 aliphatic carbocycles. The van der Waals surface area contributed by atoms with Gasteiger partial charge in [-0.25, -0.2) is 4.39 Å². The number of nitrogens with zero attached hydrogens (tertiary/aromatic N) is 3. The maximum atomic E-state index is 13.9. The van der Waals surface area contributed by atoms with Gasteiger partial charge in [0.25, 0.3) is 0 Å². The van der Waals surface area contributed by atoms with Crippen molar-refractivity contribution < 1.29 is 8.81 Å². The van der Waals surface area contributed by atoms with Crippen LogP contribution in [0.3, 0.4) is 0 Å². The summed E-state index contributed by atoms with van der Waals surface area (Å²) < 4.78 is 19.2. The second-order valence-electron chi connectivity index (χ2n) is 5.73. The predicted octanol–water partition coefficient (Wildman–Crippen LogP) is 2.98. The van der Waals surface area contributed by atoms with Crippen LogP contribution in [0.25, 0.3) is 0 Å². The van der Waals surface area contributed by atoms with Crippen LogP contribution in [0.15, 0.2) is 52.1 Å². The molecule has 7 heteroatoms. The SMILES string of the molecule is CN=C(NCCc1ccco1)N1CCN(c2ccccc2F)CC1.I. The topological polar surface area (TPSA) is 44.0 Å². The van der Waals surface area contributed by atoms with Crippen LogP contribution in [0.2, 0.25) is 0 Å². The molecule has 1 aromatic carbocycles. The normalized spacial score (nSPS) is 15.0. The monoisotopic (exact) mass is 458 g/mol. The molecule has 1 saturated heterocycles. The third kappa shape index (κ3) is 5.10. The molecule has 5 nitrogen and oxygen atoms in total. The average Bonchev–Trinajstić information content (AvgIpc) is 3.13. The van der Waals surface area contributed by atoms with Crippen molar-refractivity contribution in [2.75, 3.05) is 44.7 Å². The molecule has 2 heterocycles.